The van der Waals surface area contributed by atoms with E-state index in [9.17, 15) is 9.90 Å². The number of aliphatic hydroxyl groups is 1. The van der Waals surface area contributed by atoms with E-state index >= 15 is 0 Å². The van der Waals surface area contributed by atoms with Gasteiger partial charge in [-0.15, -0.1) is 0 Å². The molecule has 104 valence electrons. The fraction of sp³-hybridized carbons (Fsp3) is 0.533. The summed E-state index contributed by atoms with van der Waals surface area (Å²) in [6.07, 6.45) is 1.86. The van der Waals surface area contributed by atoms with Crippen molar-refractivity contribution in [1.82, 2.24) is 4.90 Å². The first-order chi connectivity index (χ1) is 9.13. The van der Waals surface area contributed by atoms with E-state index < -0.39 is 0 Å². The zero-order valence-electron chi connectivity index (χ0n) is 11.6. The lowest BCUT2D eigenvalue weighted by atomic mass is 10.1. The molecule has 1 heterocycles. The Morgan fingerprint density at radius 3 is 2.89 bits per heavy atom. The van der Waals surface area contributed by atoms with E-state index in [0.29, 0.717) is 5.56 Å². The van der Waals surface area contributed by atoms with Crippen molar-refractivity contribution >= 4 is 11.6 Å². The number of rotatable bonds is 4. The molecule has 1 aromatic rings. The van der Waals surface area contributed by atoms with E-state index in [4.69, 9.17) is 0 Å². The van der Waals surface area contributed by atoms with E-state index in [1.54, 1.807) is 4.90 Å². The van der Waals surface area contributed by atoms with Crippen molar-refractivity contribution in [1.29, 1.82) is 0 Å². The number of nitrogens with zero attached hydrogens (tertiary/aromatic N) is 1. The fourth-order valence-corrected chi connectivity index (χ4v) is 2.55. The number of amides is 1. The van der Waals surface area contributed by atoms with Crippen LogP contribution in [0.1, 0.15) is 37.0 Å². The zero-order chi connectivity index (χ0) is 13.8. The predicted molar refractivity (Wildman–Crippen MR) is 76.3 cm³/mol. The Balaban J connectivity index is 2.23. The maximum absolute atomic E-state index is 12.6. The number of para-hydroxylation sites is 1. The van der Waals surface area contributed by atoms with Crippen LogP contribution in [-0.2, 0) is 0 Å². The van der Waals surface area contributed by atoms with Gasteiger partial charge in [0.1, 0.15) is 0 Å². The monoisotopic (exact) mass is 262 g/mol. The average molecular weight is 262 g/mol. The summed E-state index contributed by atoms with van der Waals surface area (Å²) in [4.78, 5) is 14.4. The van der Waals surface area contributed by atoms with Gasteiger partial charge in [-0.25, -0.2) is 0 Å². The summed E-state index contributed by atoms with van der Waals surface area (Å²) in [5.74, 6) is 0.0142. The molecule has 1 aromatic carbocycles. The van der Waals surface area contributed by atoms with Crippen LogP contribution in [0, 0.1) is 0 Å². The first-order valence-corrected chi connectivity index (χ1v) is 6.91. The maximum atomic E-state index is 12.6. The highest BCUT2D eigenvalue weighted by molar-refractivity contribution is 6.00. The third-order valence-corrected chi connectivity index (χ3v) is 3.45. The van der Waals surface area contributed by atoms with Crippen LogP contribution in [-0.4, -0.2) is 41.1 Å². The van der Waals surface area contributed by atoms with Crippen LogP contribution in [0.25, 0.3) is 0 Å². The molecule has 4 nitrogen and oxygen atoms in total. The van der Waals surface area contributed by atoms with Crippen LogP contribution >= 0.6 is 0 Å². The Labute approximate surface area is 114 Å². The molecular weight excluding hydrogens is 240 g/mol. The largest absolute Gasteiger partial charge is 0.394 e. The second kappa shape index (κ2) is 6.06. The Kier molecular flexibility index (Phi) is 4.43. The minimum atomic E-state index is -0.0281. The van der Waals surface area contributed by atoms with E-state index in [1.165, 1.54) is 0 Å². The summed E-state index contributed by atoms with van der Waals surface area (Å²) in [5, 5.41) is 12.6. The van der Waals surface area contributed by atoms with Gasteiger partial charge in [-0.1, -0.05) is 12.1 Å². The lowest BCUT2D eigenvalue weighted by Crippen LogP contribution is -2.38. The van der Waals surface area contributed by atoms with Crippen molar-refractivity contribution in [3.05, 3.63) is 29.8 Å². The molecule has 0 aliphatic carbocycles. The Bertz CT molecular complexity index is 446. The van der Waals surface area contributed by atoms with Crippen molar-refractivity contribution in [2.75, 3.05) is 18.5 Å². The van der Waals surface area contributed by atoms with Gasteiger partial charge in [0.2, 0.25) is 0 Å². The highest BCUT2D eigenvalue weighted by atomic mass is 16.3. The van der Waals surface area contributed by atoms with Gasteiger partial charge >= 0.3 is 0 Å². The van der Waals surface area contributed by atoms with Crippen molar-refractivity contribution in [3.63, 3.8) is 0 Å². The van der Waals surface area contributed by atoms with Crippen molar-refractivity contribution in [2.45, 2.75) is 38.8 Å². The van der Waals surface area contributed by atoms with Crippen molar-refractivity contribution < 1.29 is 9.90 Å². The molecule has 19 heavy (non-hydrogen) atoms. The molecule has 1 aliphatic rings. The molecule has 0 spiro atoms. The molecule has 2 N–H and O–H groups in total. The van der Waals surface area contributed by atoms with Crippen LogP contribution in [0.4, 0.5) is 5.69 Å². The standard InChI is InChI=1S/C15H22N2O2/c1-11(2)16-14-8-4-3-7-13(14)15(19)17-9-5-6-12(17)10-18/h3-4,7-8,11-12,16,18H,5-6,9-10H2,1-2H3/t12-/m0/s1. The third-order valence-electron chi connectivity index (χ3n) is 3.45. The minimum Gasteiger partial charge on any atom is -0.394 e. The topological polar surface area (TPSA) is 52.6 Å². The molecule has 0 saturated carbocycles. The summed E-state index contributed by atoms with van der Waals surface area (Å²) in [5.41, 5.74) is 1.56. The lowest BCUT2D eigenvalue weighted by molar-refractivity contribution is 0.0678. The van der Waals surface area contributed by atoms with Gasteiger partial charge in [0.15, 0.2) is 0 Å². The normalized spacial score (nSPS) is 18.9. The van der Waals surface area contributed by atoms with Crippen LogP contribution < -0.4 is 5.32 Å². The number of likely N-dealkylation sites (tertiary alicyclic amines) is 1. The first kappa shape index (κ1) is 13.9. The summed E-state index contributed by atoms with van der Waals surface area (Å²) in [6.45, 7) is 4.88. The first-order valence-electron chi connectivity index (χ1n) is 6.91. The van der Waals surface area contributed by atoms with Crippen molar-refractivity contribution in [3.8, 4) is 0 Å². The predicted octanol–water partition coefficient (Wildman–Crippen LogP) is 2.10. The summed E-state index contributed by atoms with van der Waals surface area (Å²) in [7, 11) is 0. The molecule has 4 heteroatoms. The third kappa shape index (κ3) is 3.07. The molecule has 0 aromatic heterocycles. The van der Waals surface area contributed by atoms with Gasteiger partial charge in [-0.2, -0.15) is 0 Å². The van der Waals surface area contributed by atoms with Gasteiger partial charge in [0, 0.05) is 18.3 Å². The second-order valence-corrected chi connectivity index (χ2v) is 5.32. The number of hydrogen-bond acceptors (Lipinski definition) is 3. The number of carbonyl (C=O) groups excluding carboxylic acids is 1. The Hall–Kier alpha value is -1.55. The molecule has 0 bridgehead atoms. The molecule has 1 atom stereocenters. The van der Waals surface area contributed by atoms with Gasteiger partial charge < -0.3 is 15.3 Å². The van der Waals surface area contributed by atoms with E-state index in [-0.39, 0.29) is 24.6 Å². The quantitative estimate of drug-likeness (QED) is 0.873. The van der Waals surface area contributed by atoms with E-state index in [2.05, 4.69) is 5.32 Å². The van der Waals surface area contributed by atoms with Crippen LogP contribution in [0.5, 0.6) is 0 Å². The molecular formula is C15H22N2O2. The van der Waals surface area contributed by atoms with Crippen LogP contribution in [0.2, 0.25) is 0 Å². The summed E-state index contributed by atoms with van der Waals surface area (Å²) >= 11 is 0. The lowest BCUT2D eigenvalue weighted by Gasteiger charge is -2.24. The van der Waals surface area contributed by atoms with Gasteiger partial charge in [-0.3, -0.25) is 4.79 Å². The number of aliphatic hydroxyl groups excluding tert-OH is 1. The zero-order valence-corrected chi connectivity index (χ0v) is 11.6. The molecule has 1 amide bonds. The molecule has 2 rings (SSSR count). The number of carbonyl (C=O) groups is 1. The SMILES string of the molecule is CC(C)Nc1ccccc1C(=O)N1CCC[C@H]1CO. The molecule has 0 radical (unpaired) electrons. The maximum Gasteiger partial charge on any atom is 0.256 e. The summed E-state index contributed by atoms with van der Waals surface area (Å²) in [6, 6.07) is 7.83. The highest BCUT2D eigenvalue weighted by Gasteiger charge is 2.29. The Morgan fingerprint density at radius 1 is 1.47 bits per heavy atom. The van der Waals surface area contributed by atoms with E-state index in [0.717, 1.165) is 25.1 Å². The van der Waals surface area contributed by atoms with E-state index in [1.807, 2.05) is 38.1 Å². The number of anilines is 1. The fourth-order valence-electron chi connectivity index (χ4n) is 2.55. The van der Waals surface area contributed by atoms with Gasteiger partial charge in [0.25, 0.3) is 5.91 Å². The summed E-state index contributed by atoms with van der Waals surface area (Å²) < 4.78 is 0. The van der Waals surface area contributed by atoms with Gasteiger partial charge in [-0.05, 0) is 38.8 Å². The van der Waals surface area contributed by atoms with Crippen molar-refractivity contribution in [2.24, 2.45) is 0 Å². The van der Waals surface area contributed by atoms with Crippen LogP contribution in [0.15, 0.2) is 24.3 Å². The molecule has 0 unspecified atom stereocenters. The number of benzene rings is 1. The Morgan fingerprint density at radius 2 is 2.21 bits per heavy atom. The molecule has 1 saturated heterocycles. The van der Waals surface area contributed by atoms with Gasteiger partial charge in [0.05, 0.1) is 18.2 Å². The molecule has 1 aliphatic heterocycles. The second-order valence-electron chi connectivity index (χ2n) is 5.32. The minimum absolute atomic E-state index is 0.0142. The number of hydrogen-bond donors (Lipinski definition) is 2. The van der Waals surface area contributed by atoms with Crippen LogP contribution in [0.3, 0.4) is 0 Å². The molecule has 1 fully saturated rings. The average Bonchev–Trinajstić information content (AvgIpc) is 2.86. The number of nitrogens with one attached hydrogen (secondary N) is 1. The smallest absolute Gasteiger partial charge is 0.256 e. The highest BCUT2D eigenvalue weighted by Crippen LogP contribution is 2.24.